The van der Waals surface area contributed by atoms with Crippen LogP contribution in [0.4, 0.5) is 11.4 Å². The van der Waals surface area contributed by atoms with Crippen LogP contribution in [0.5, 0.6) is 5.88 Å². The molecule has 3 rings (SSSR count). The summed E-state index contributed by atoms with van der Waals surface area (Å²) in [6, 6.07) is 13.3. The summed E-state index contributed by atoms with van der Waals surface area (Å²) in [6.07, 6.45) is 1.56. The molecule has 0 aliphatic carbocycles. The van der Waals surface area contributed by atoms with Gasteiger partial charge in [-0.05, 0) is 25.1 Å². The first-order chi connectivity index (χ1) is 15.0. The van der Waals surface area contributed by atoms with Crippen molar-refractivity contribution >= 4 is 23.1 Å². The molecule has 8 nitrogen and oxygen atoms in total. The number of hydrogen-bond acceptors (Lipinski definition) is 7. The second-order valence-electron chi connectivity index (χ2n) is 7.02. The number of fused-ring (bicyclic) bond motifs is 1. The van der Waals surface area contributed by atoms with Gasteiger partial charge < -0.3 is 19.9 Å². The number of Topliss-reactive ketones (excluding diaryl/α,β-unsaturated/α-hetero) is 1. The number of para-hydroxylation sites is 2. The normalized spacial score (nSPS) is 12.3. The summed E-state index contributed by atoms with van der Waals surface area (Å²) in [5.41, 5.74) is 2.63. The Morgan fingerprint density at radius 1 is 1.10 bits per heavy atom. The van der Waals surface area contributed by atoms with E-state index in [1.165, 1.54) is 0 Å². The Kier molecular flexibility index (Phi) is 6.88. The molecule has 0 atom stereocenters. The molecular formula is C23H25N5O3. The van der Waals surface area contributed by atoms with E-state index in [2.05, 4.69) is 10.3 Å². The third-order valence-corrected chi connectivity index (χ3v) is 5.04. The van der Waals surface area contributed by atoms with Crippen molar-refractivity contribution < 1.29 is 14.3 Å². The highest BCUT2D eigenvalue weighted by atomic mass is 16.5. The van der Waals surface area contributed by atoms with E-state index in [0.29, 0.717) is 18.3 Å². The first-order valence-electron chi connectivity index (χ1n) is 10.0. The molecule has 1 N–H and O–H groups in total. The zero-order valence-electron chi connectivity index (χ0n) is 17.9. The SMILES string of the molecule is CCOc1ncccc1CNC(=O)CCC(=O)C(C#N)=C1N(C)c2ccccc2N1C. The largest absolute Gasteiger partial charge is 0.478 e. The Labute approximate surface area is 181 Å². The number of benzene rings is 1. The van der Waals surface area contributed by atoms with Gasteiger partial charge in [0.15, 0.2) is 5.78 Å². The van der Waals surface area contributed by atoms with Crippen molar-refractivity contribution in [2.45, 2.75) is 26.3 Å². The number of carbonyl (C=O) groups is 2. The summed E-state index contributed by atoms with van der Waals surface area (Å²) in [5.74, 6) is 0.351. The molecule has 0 saturated carbocycles. The fraction of sp³-hybridized carbons (Fsp3) is 0.304. The van der Waals surface area contributed by atoms with Crippen molar-refractivity contribution in [2.24, 2.45) is 0 Å². The average Bonchev–Trinajstić information content (AvgIpc) is 3.03. The molecule has 160 valence electrons. The number of nitrogens with one attached hydrogen (secondary N) is 1. The van der Waals surface area contributed by atoms with Crippen LogP contribution >= 0.6 is 0 Å². The lowest BCUT2D eigenvalue weighted by molar-refractivity contribution is -0.124. The maximum absolute atomic E-state index is 12.8. The van der Waals surface area contributed by atoms with Crippen LogP contribution < -0.4 is 19.9 Å². The number of pyridine rings is 1. The van der Waals surface area contributed by atoms with E-state index < -0.39 is 0 Å². The topological polar surface area (TPSA) is 98.6 Å². The van der Waals surface area contributed by atoms with Gasteiger partial charge in [0.1, 0.15) is 17.5 Å². The highest BCUT2D eigenvalue weighted by molar-refractivity contribution is 6.03. The molecule has 31 heavy (non-hydrogen) atoms. The first kappa shape index (κ1) is 21.8. The smallest absolute Gasteiger partial charge is 0.220 e. The van der Waals surface area contributed by atoms with Gasteiger partial charge in [-0.15, -0.1) is 0 Å². The van der Waals surface area contributed by atoms with Crippen LogP contribution in [0.25, 0.3) is 0 Å². The van der Waals surface area contributed by atoms with E-state index >= 15 is 0 Å². The summed E-state index contributed by atoms with van der Waals surface area (Å²) in [5, 5.41) is 12.4. The Hall–Kier alpha value is -3.86. The van der Waals surface area contributed by atoms with E-state index in [9.17, 15) is 14.9 Å². The van der Waals surface area contributed by atoms with Crippen molar-refractivity contribution in [3.05, 3.63) is 59.6 Å². The molecule has 1 amide bonds. The molecule has 0 saturated heterocycles. The van der Waals surface area contributed by atoms with Gasteiger partial charge in [-0.25, -0.2) is 4.98 Å². The van der Waals surface area contributed by atoms with Crippen LogP contribution in [0.15, 0.2) is 54.0 Å². The van der Waals surface area contributed by atoms with Gasteiger partial charge in [-0.1, -0.05) is 18.2 Å². The summed E-state index contributed by atoms with van der Waals surface area (Å²) in [4.78, 5) is 32.9. The molecule has 2 heterocycles. The third-order valence-electron chi connectivity index (χ3n) is 5.04. The molecule has 0 bridgehead atoms. The Morgan fingerprint density at radius 3 is 2.39 bits per heavy atom. The van der Waals surface area contributed by atoms with Crippen molar-refractivity contribution in [2.75, 3.05) is 30.5 Å². The van der Waals surface area contributed by atoms with Gasteiger partial charge in [0.05, 0.1) is 18.0 Å². The number of rotatable bonds is 8. The predicted molar refractivity (Wildman–Crippen MR) is 117 cm³/mol. The average molecular weight is 419 g/mol. The van der Waals surface area contributed by atoms with E-state index in [1.54, 1.807) is 12.3 Å². The number of aromatic nitrogens is 1. The van der Waals surface area contributed by atoms with Crippen LogP contribution in [0.2, 0.25) is 0 Å². The van der Waals surface area contributed by atoms with E-state index in [0.717, 1.165) is 16.9 Å². The fourth-order valence-electron chi connectivity index (χ4n) is 3.52. The standard InChI is InChI=1S/C23H25N5O3/c1-4-31-22-16(8-7-13-25-22)15-26-21(30)12-11-20(29)17(14-24)23-27(2)18-9-5-6-10-19(18)28(23)3/h5-10,13H,4,11-12,15H2,1-3H3,(H,26,30). The first-order valence-corrected chi connectivity index (χ1v) is 10.0. The molecule has 0 unspecified atom stereocenters. The van der Waals surface area contributed by atoms with Gasteiger partial charge in [0.2, 0.25) is 11.8 Å². The minimum atomic E-state index is -0.365. The molecule has 1 aliphatic rings. The quantitative estimate of drug-likeness (QED) is 0.519. The zero-order chi connectivity index (χ0) is 22.4. The molecule has 0 spiro atoms. The van der Waals surface area contributed by atoms with Crippen LogP contribution in [0, 0.1) is 11.3 Å². The number of anilines is 2. The number of amides is 1. The number of hydrogen-bond donors (Lipinski definition) is 1. The molecular weight excluding hydrogens is 394 g/mol. The molecule has 8 heteroatoms. The van der Waals surface area contributed by atoms with Crippen molar-refractivity contribution in [1.29, 1.82) is 5.26 Å². The lowest BCUT2D eigenvalue weighted by atomic mass is 10.1. The summed E-state index contributed by atoms with van der Waals surface area (Å²) < 4.78 is 5.45. The second kappa shape index (κ2) is 9.76. The van der Waals surface area contributed by atoms with Crippen LogP contribution in [0.1, 0.15) is 25.3 Å². The molecule has 1 aromatic carbocycles. The second-order valence-corrected chi connectivity index (χ2v) is 7.02. The summed E-state index contributed by atoms with van der Waals surface area (Å²) >= 11 is 0. The maximum Gasteiger partial charge on any atom is 0.220 e. The van der Waals surface area contributed by atoms with Crippen molar-refractivity contribution in [3.8, 4) is 11.9 Å². The fourth-order valence-corrected chi connectivity index (χ4v) is 3.52. The van der Waals surface area contributed by atoms with E-state index in [1.807, 2.05) is 67.2 Å². The zero-order valence-corrected chi connectivity index (χ0v) is 17.9. The number of nitriles is 1. The maximum atomic E-state index is 12.8. The number of ether oxygens (including phenoxy) is 1. The van der Waals surface area contributed by atoms with Crippen LogP contribution in [0.3, 0.4) is 0 Å². The monoisotopic (exact) mass is 419 g/mol. The molecule has 2 aromatic rings. The van der Waals surface area contributed by atoms with Gasteiger partial charge in [0, 0.05) is 45.2 Å². The Morgan fingerprint density at radius 2 is 1.77 bits per heavy atom. The minimum absolute atomic E-state index is 0.0120. The van der Waals surface area contributed by atoms with E-state index in [4.69, 9.17) is 4.74 Å². The number of ketones is 1. The minimum Gasteiger partial charge on any atom is -0.478 e. The lowest BCUT2D eigenvalue weighted by Gasteiger charge is -2.19. The number of allylic oxidation sites excluding steroid dienone is 1. The van der Waals surface area contributed by atoms with Gasteiger partial charge >= 0.3 is 0 Å². The lowest BCUT2D eigenvalue weighted by Crippen LogP contribution is -2.27. The number of carbonyl (C=O) groups excluding carboxylic acids is 2. The summed E-state index contributed by atoms with van der Waals surface area (Å²) in [7, 11) is 3.64. The molecule has 1 aliphatic heterocycles. The molecule has 0 fully saturated rings. The van der Waals surface area contributed by atoms with Gasteiger partial charge in [0.25, 0.3) is 0 Å². The predicted octanol–water partition coefficient (Wildman–Crippen LogP) is 2.77. The number of nitrogens with zero attached hydrogens (tertiary/aromatic N) is 4. The third kappa shape index (κ3) is 4.67. The van der Waals surface area contributed by atoms with Crippen LogP contribution in [-0.4, -0.2) is 37.4 Å². The Bertz CT molecular complexity index is 1030. The molecule has 0 radical (unpaired) electrons. The van der Waals surface area contributed by atoms with Crippen molar-refractivity contribution in [1.82, 2.24) is 10.3 Å². The van der Waals surface area contributed by atoms with Crippen molar-refractivity contribution in [3.63, 3.8) is 0 Å². The van der Waals surface area contributed by atoms with Crippen LogP contribution in [-0.2, 0) is 16.1 Å². The van der Waals surface area contributed by atoms with Gasteiger partial charge in [-0.3, -0.25) is 9.59 Å². The van der Waals surface area contributed by atoms with Gasteiger partial charge in [-0.2, -0.15) is 5.26 Å². The van der Waals surface area contributed by atoms with E-state index in [-0.39, 0.29) is 36.6 Å². The summed E-state index contributed by atoms with van der Waals surface area (Å²) in [6.45, 7) is 2.59. The highest BCUT2D eigenvalue weighted by Gasteiger charge is 2.31. The Balaban J connectivity index is 1.63. The molecule has 1 aromatic heterocycles. The highest BCUT2D eigenvalue weighted by Crippen LogP contribution is 2.40.